The second-order valence-electron chi connectivity index (χ2n) is 11.1. The Morgan fingerprint density at radius 1 is 1.00 bits per heavy atom. The Balaban J connectivity index is 0.000000225. The van der Waals surface area contributed by atoms with Crippen LogP contribution in [0, 0.1) is 16.7 Å². The van der Waals surface area contributed by atoms with E-state index in [1.165, 1.54) is 10.5 Å². The molecule has 1 atom stereocenters. The summed E-state index contributed by atoms with van der Waals surface area (Å²) in [5.41, 5.74) is 0.811. The molecule has 1 unspecified atom stereocenters. The van der Waals surface area contributed by atoms with Gasteiger partial charge in [0.15, 0.2) is 0 Å². The predicted molar refractivity (Wildman–Crippen MR) is 125 cm³/mol. The van der Waals surface area contributed by atoms with Crippen LogP contribution in [-0.4, -0.2) is 63.2 Å². The van der Waals surface area contributed by atoms with Crippen molar-refractivity contribution >= 4 is 35.4 Å². The number of amides is 2. The van der Waals surface area contributed by atoms with Gasteiger partial charge < -0.3 is 19.6 Å². The average molecular weight is 477 g/mol. The molecule has 1 spiro atoms. The van der Waals surface area contributed by atoms with Crippen molar-refractivity contribution in [2.75, 3.05) is 26.2 Å². The molecule has 8 heteroatoms. The predicted octanol–water partition coefficient (Wildman–Crippen LogP) is 6.17. The summed E-state index contributed by atoms with van der Waals surface area (Å²) in [4.78, 5) is 25.7. The van der Waals surface area contributed by atoms with Gasteiger partial charge in [0.2, 0.25) is 0 Å². The van der Waals surface area contributed by atoms with E-state index in [0.717, 1.165) is 38.8 Å². The third-order valence-electron chi connectivity index (χ3n) is 6.41. The van der Waals surface area contributed by atoms with Crippen molar-refractivity contribution in [2.45, 2.75) is 77.2 Å². The number of carbonyl (C=O) groups excluding carboxylic acids is 1. The fourth-order valence-corrected chi connectivity index (χ4v) is 6.49. The lowest BCUT2D eigenvalue weighted by molar-refractivity contribution is 0.0236. The maximum atomic E-state index is 11.6. The van der Waals surface area contributed by atoms with Crippen LogP contribution in [0.3, 0.4) is 0 Å². The fourth-order valence-electron chi connectivity index (χ4n) is 4.93. The summed E-state index contributed by atoms with van der Waals surface area (Å²) in [5, 5.41) is 8.94. The summed E-state index contributed by atoms with van der Waals surface area (Å²) >= 11 is 12.9. The normalized spacial score (nSPS) is 24.9. The van der Waals surface area contributed by atoms with Crippen molar-refractivity contribution in [1.29, 1.82) is 0 Å². The van der Waals surface area contributed by atoms with Gasteiger partial charge in [-0.2, -0.15) is 0 Å². The van der Waals surface area contributed by atoms with Gasteiger partial charge in [-0.25, -0.2) is 9.59 Å². The molecule has 0 aromatic rings. The van der Waals surface area contributed by atoms with Crippen LogP contribution in [0.5, 0.6) is 0 Å². The van der Waals surface area contributed by atoms with Gasteiger partial charge in [-0.05, 0) is 51.9 Å². The second kappa shape index (κ2) is 9.01. The van der Waals surface area contributed by atoms with E-state index in [1.54, 1.807) is 4.90 Å². The van der Waals surface area contributed by atoms with E-state index >= 15 is 0 Å². The van der Waals surface area contributed by atoms with Gasteiger partial charge in [0.25, 0.3) is 0 Å². The van der Waals surface area contributed by atoms with Crippen LogP contribution < -0.4 is 0 Å². The molecule has 1 saturated carbocycles. The third-order valence-corrected chi connectivity index (χ3v) is 7.60. The first-order valence-corrected chi connectivity index (χ1v) is 11.8. The van der Waals surface area contributed by atoms with Crippen LogP contribution in [0.25, 0.3) is 0 Å². The quantitative estimate of drug-likeness (QED) is 0.335. The van der Waals surface area contributed by atoms with Crippen LogP contribution in [0.15, 0.2) is 12.2 Å². The van der Waals surface area contributed by atoms with Crippen molar-refractivity contribution in [3.8, 4) is 0 Å². The van der Waals surface area contributed by atoms with Gasteiger partial charge in [-0.3, -0.25) is 0 Å². The average Bonchev–Trinajstić information content (AvgIpc) is 3.09. The summed E-state index contributed by atoms with van der Waals surface area (Å²) in [6, 6.07) is 0. The Bertz CT molecular complexity index is 691. The summed E-state index contributed by atoms with van der Waals surface area (Å²) in [6.45, 7) is 18.6. The van der Waals surface area contributed by atoms with Gasteiger partial charge in [-0.15, -0.1) is 23.2 Å². The standard InChI is InChI=1S/C12H19Cl2NO2.C11H19NO2/c1-10(2,3)8-11(12(8,13)14)4-6-15(7-5-11)9(16)17;1-9-5-7-12(8-6-9)10(13)14-11(2,3)4/h8H,4-7H2,1-3H3,(H,16,17);1,5-8H2,2-4H3. The molecule has 0 bridgehead atoms. The molecule has 31 heavy (non-hydrogen) atoms. The fraction of sp³-hybridized carbons (Fsp3) is 0.826. The molecule has 2 saturated heterocycles. The molecule has 3 rings (SSSR count). The number of carbonyl (C=O) groups is 2. The minimum atomic E-state index is -0.845. The first-order chi connectivity index (χ1) is 14.0. The number of alkyl halides is 2. The number of carboxylic acid groups (broad SMARTS) is 1. The van der Waals surface area contributed by atoms with E-state index in [9.17, 15) is 9.59 Å². The zero-order chi connectivity index (χ0) is 23.8. The van der Waals surface area contributed by atoms with E-state index in [1.807, 2.05) is 20.8 Å². The summed E-state index contributed by atoms with van der Waals surface area (Å²) in [6.07, 6.45) is 2.30. The van der Waals surface area contributed by atoms with Crippen LogP contribution in [0.4, 0.5) is 9.59 Å². The highest BCUT2D eigenvalue weighted by atomic mass is 35.5. The molecule has 178 valence electrons. The zero-order valence-corrected chi connectivity index (χ0v) is 21.3. The van der Waals surface area contributed by atoms with E-state index < -0.39 is 16.0 Å². The number of rotatable bonds is 0. The number of halogens is 2. The molecule has 6 nitrogen and oxygen atoms in total. The number of ether oxygens (including phenoxy) is 1. The van der Waals surface area contributed by atoms with E-state index in [-0.39, 0.29) is 22.8 Å². The smallest absolute Gasteiger partial charge is 0.410 e. The van der Waals surface area contributed by atoms with Gasteiger partial charge in [-0.1, -0.05) is 32.9 Å². The first kappa shape index (κ1) is 26.1. The zero-order valence-electron chi connectivity index (χ0n) is 19.8. The Labute approximate surface area is 196 Å². The largest absolute Gasteiger partial charge is 0.465 e. The highest BCUT2D eigenvalue weighted by Gasteiger charge is 2.78. The molecule has 1 aliphatic carbocycles. The first-order valence-electron chi connectivity index (χ1n) is 11.0. The van der Waals surface area contributed by atoms with Crippen molar-refractivity contribution in [3.05, 3.63) is 12.2 Å². The van der Waals surface area contributed by atoms with E-state index in [0.29, 0.717) is 13.1 Å². The van der Waals surface area contributed by atoms with Crippen molar-refractivity contribution in [1.82, 2.24) is 9.80 Å². The third kappa shape index (κ3) is 6.01. The number of piperidine rings is 2. The van der Waals surface area contributed by atoms with Gasteiger partial charge >= 0.3 is 12.2 Å². The lowest BCUT2D eigenvalue weighted by Gasteiger charge is -2.33. The molecule has 2 amide bonds. The second-order valence-corrected chi connectivity index (χ2v) is 12.5. The molecule has 2 aliphatic heterocycles. The number of nitrogens with zero attached hydrogens (tertiary/aromatic N) is 2. The molecule has 3 aliphatic rings. The highest BCUT2D eigenvalue weighted by molar-refractivity contribution is 6.52. The van der Waals surface area contributed by atoms with E-state index in [2.05, 4.69) is 27.4 Å². The maximum absolute atomic E-state index is 11.6. The number of hydrogen-bond acceptors (Lipinski definition) is 3. The minimum absolute atomic E-state index is 0.0644. The van der Waals surface area contributed by atoms with Crippen molar-refractivity contribution in [2.24, 2.45) is 16.7 Å². The van der Waals surface area contributed by atoms with Crippen LogP contribution in [-0.2, 0) is 4.74 Å². The summed E-state index contributed by atoms with van der Waals surface area (Å²) < 4.78 is 4.59. The van der Waals surface area contributed by atoms with Gasteiger partial charge in [0.1, 0.15) is 9.93 Å². The van der Waals surface area contributed by atoms with Crippen LogP contribution in [0.2, 0.25) is 0 Å². The molecule has 0 aromatic heterocycles. The Morgan fingerprint density at radius 3 is 1.84 bits per heavy atom. The molecule has 0 aromatic carbocycles. The van der Waals surface area contributed by atoms with Crippen LogP contribution in [0.1, 0.15) is 67.2 Å². The monoisotopic (exact) mass is 476 g/mol. The molecular weight excluding hydrogens is 439 g/mol. The number of hydrogen-bond donors (Lipinski definition) is 1. The minimum Gasteiger partial charge on any atom is -0.465 e. The lowest BCUT2D eigenvalue weighted by Crippen LogP contribution is -2.40. The molecule has 2 heterocycles. The van der Waals surface area contributed by atoms with Gasteiger partial charge in [0, 0.05) is 37.5 Å². The Hall–Kier alpha value is -1.14. The van der Waals surface area contributed by atoms with Crippen molar-refractivity contribution < 1.29 is 19.4 Å². The highest BCUT2D eigenvalue weighted by Crippen LogP contribution is 2.78. The maximum Gasteiger partial charge on any atom is 0.410 e. The SMILES string of the molecule is C=C1CCN(C(=O)OC(C)(C)C)CC1.CC(C)(C)C1C(Cl)(Cl)C12CCN(C(=O)O)CC2. The van der Waals surface area contributed by atoms with Crippen LogP contribution >= 0.6 is 23.2 Å². The molecular formula is C23H38Cl2N2O4. The Kier molecular flexibility index (Phi) is 7.59. The molecule has 0 radical (unpaired) electrons. The van der Waals surface area contributed by atoms with Crippen molar-refractivity contribution in [3.63, 3.8) is 0 Å². The van der Waals surface area contributed by atoms with Gasteiger partial charge in [0.05, 0.1) is 0 Å². The number of likely N-dealkylation sites (tertiary alicyclic amines) is 2. The summed E-state index contributed by atoms with van der Waals surface area (Å²) in [7, 11) is 0. The lowest BCUT2D eigenvalue weighted by atomic mass is 9.80. The molecule has 1 N–H and O–H groups in total. The van der Waals surface area contributed by atoms with E-state index in [4.69, 9.17) is 33.0 Å². The topological polar surface area (TPSA) is 70.1 Å². The summed E-state index contributed by atoms with van der Waals surface area (Å²) in [5.74, 6) is 0.252. The Morgan fingerprint density at radius 2 is 1.48 bits per heavy atom. The molecule has 3 fully saturated rings.